The number of carbonyl (C=O) groups excluding carboxylic acids is 1. The lowest BCUT2D eigenvalue weighted by Gasteiger charge is -2.18. The molecule has 6 nitrogen and oxygen atoms in total. The Morgan fingerprint density at radius 1 is 1.17 bits per heavy atom. The lowest BCUT2D eigenvalue weighted by Crippen LogP contribution is -2.30. The number of anilines is 1. The van der Waals surface area contributed by atoms with Gasteiger partial charge in [-0.1, -0.05) is 23.9 Å². The fourth-order valence-corrected chi connectivity index (χ4v) is 3.50. The van der Waals surface area contributed by atoms with Crippen LogP contribution in [-0.2, 0) is 4.79 Å². The molecule has 154 valence electrons. The van der Waals surface area contributed by atoms with E-state index in [-0.39, 0.29) is 17.4 Å². The quantitative estimate of drug-likeness (QED) is 0.472. The summed E-state index contributed by atoms with van der Waals surface area (Å²) in [4.78, 5) is 18.9. The van der Waals surface area contributed by atoms with Gasteiger partial charge < -0.3 is 9.47 Å². The van der Waals surface area contributed by atoms with Crippen molar-refractivity contribution in [2.24, 2.45) is 4.99 Å². The number of hydrogen-bond donors (Lipinski definition) is 0. The summed E-state index contributed by atoms with van der Waals surface area (Å²) in [6, 6.07) is 14.9. The third-order valence-corrected chi connectivity index (χ3v) is 4.95. The molecular formula is C21H17F2N3O3S. The Morgan fingerprint density at radius 2 is 1.83 bits per heavy atom. The van der Waals surface area contributed by atoms with Gasteiger partial charge in [-0.2, -0.15) is 14.0 Å². The molecule has 1 aliphatic rings. The highest BCUT2D eigenvalue weighted by Gasteiger charge is 2.32. The normalized spacial score (nSPS) is 14.8. The second-order valence-corrected chi connectivity index (χ2v) is 7.03. The van der Waals surface area contributed by atoms with E-state index in [0.717, 1.165) is 5.56 Å². The summed E-state index contributed by atoms with van der Waals surface area (Å²) in [6.45, 7) is -2.93. The highest BCUT2D eigenvalue weighted by Crippen LogP contribution is 2.31. The third-order valence-electron chi connectivity index (χ3n) is 4.01. The molecule has 0 atom stereocenters. The Bertz CT molecular complexity index is 1000. The van der Waals surface area contributed by atoms with Crippen LogP contribution in [0.15, 0.2) is 59.2 Å². The summed E-state index contributed by atoms with van der Waals surface area (Å²) in [5, 5.41) is 9.20. The van der Waals surface area contributed by atoms with Gasteiger partial charge in [0.2, 0.25) is 0 Å². The Kier molecular flexibility index (Phi) is 7.03. The number of thioether (sulfide) groups is 1. The van der Waals surface area contributed by atoms with Crippen LogP contribution in [0, 0.1) is 11.3 Å². The van der Waals surface area contributed by atoms with Crippen LogP contribution < -0.4 is 14.4 Å². The third kappa shape index (κ3) is 5.15. The summed E-state index contributed by atoms with van der Waals surface area (Å²) in [6.07, 6.45) is 1.95. The van der Waals surface area contributed by atoms with Gasteiger partial charge in [-0.25, -0.2) is 4.99 Å². The number of rotatable bonds is 7. The van der Waals surface area contributed by atoms with Crippen molar-refractivity contribution in [3.63, 3.8) is 0 Å². The van der Waals surface area contributed by atoms with Gasteiger partial charge in [0, 0.05) is 12.2 Å². The van der Waals surface area contributed by atoms with Gasteiger partial charge >= 0.3 is 6.61 Å². The molecule has 3 rings (SSSR count). The Hall–Kier alpha value is -3.38. The molecule has 0 unspecified atom stereocenters. The SMILES string of the molecule is COc1ccc(/C=C2\N=C(SCCC#N)N(c3ccc(OC(F)F)cc3)C2=O)cc1. The predicted octanol–water partition coefficient (Wildman–Crippen LogP) is 4.69. The first kappa shape index (κ1) is 21.3. The molecule has 0 aromatic heterocycles. The van der Waals surface area contributed by atoms with Crippen LogP contribution in [0.2, 0.25) is 0 Å². The summed E-state index contributed by atoms with van der Waals surface area (Å²) in [5.41, 5.74) is 1.46. The molecule has 1 aliphatic heterocycles. The Balaban J connectivity index is 1.89. The lowest BCUT2D eigenvalue weighted by atomic mass is 10.2. The van der Waals surface area contributed by atoms with Crippen molar-refractivity contribution in [3.05, 3.63) is 59.8 Å². The molecule has 0 bridgehead atoms. The fraction of sp³-hybridized carbons (Fsp3) is 0.190. The maximum Gasteiger partial charge on any atom is 0.387 e. The number of nitriles is 1. The second-order valence-electron chi connectivity index (χ2n) is 5.97. The average Bonchev–Trinajstić information content (AvgIpc) is 3.04. The zero-order chi connectivity index (χ0) is 21.5. The minimum Gasteiger partial charge on any atom is -0.497 e. The van der Waals surface area contributed by atoms with Crippen LogP contribution in [0.1, 0.15) is 12.0 Å². The van der Waals surface area contributed by atoms with E-state index in [1.807, 2.05) is 0 Å². The largest absolute Gasteiger partial charge is 0.497 e. The summed E-state index contributed by atoms with van der Waals surface area (Å²) >= 11 is 1.27. The van der Waals surface area contributed by atoms with Crippen LogP contribution in [-0.4, -0.2) is 30.5 Å². The van der Waals surface area contributed by atoms with Gasteiger partial charge in [-0.3, -0.25) is 9.69 Å². The molecule has 0 saturated heterocycles. The van der Waals surface area contributed by atoms with Crippen molar-refractivity contribution >= 4 is 34.6 Å². The van der Waals surface area contributed by atoms with Crippen LogP contribution in [0.25, 0.3) is 6.08 Å². The van der Waals surface area contributed by atoms with Crippen molar-refractivity contribution in [2.75, 3.05) is 17.8 Å². The van der Waals surface area contributed by atoms with E-state index in [4.69, 9.17) is 10.00 Å². The molecule has 9 heteroatoms. The van der Waals surface area contributed by atoms with Gasteiger partial charge in [0.05, 0.1) is 18.9 Å². The maximum absolute atomic E-state index is 13.0. The van der Waals surface area contributed by atoms with E-state index in [1.165, 1.54) is 40.9 Å². The molecule has 1 heterocycles. The molecule has 30 heavy (non-hydrogen) atoms. The first-order chi connectivity index (χ1) is 14.5. The summed E-state index contributed by atoms with van der Waals surface area (Å²) in [5.74, 6) is 0.790. The topological polar surface area (TPSA) is 74.9 Å². The number of nitrogens with zero attached hydrogens (tertiary/aromatic N) is 3. The summed E-state index contributed by atoms with van der Waals surface area (Å²) < 4.78 is 34.2. The second kappa shape index (κ2) is 9.89. The lowest BCUT2D eigenvalue weighted by molar-refractivity contribution is -0.113. The highest BCUT2D eigenvalue weighted by molar-refractivity contribution is 8.14. The number of carbonyl (C=O) groups is 1. The molecule has 0 saturated carbocycles. The van der Waals surface area contributed by atoms with Crippen molar-refractivity contribution in [2.45, 2.75) is 13.0 Å². The van der Waals surface area contributed by atoms with Gasteiger partial charge in [0.15, 0.2) is 5.17 Å². The number of amides is 1. The average molecular weight is 429 g/mol. The molecular weight excluding hydrogens is 412 g/mol. The highest BCUT2D eigenvalue weighted by atomic mass is 32.2. The van der Waals surface area contributed by atoms with Gasteiger partial charge in [0.25, 0.3) is 5.91 Å². The number of alkyl halides is 2. The first-order valence-electron chi connectivity index (χ1n) is 8.85. The number of hydrogen-bond acceptors (Lipinski definition) is 6. The number of amidine groups is 1. The Labute approximate surface area is 176 Å². The summed E-state index contributed by atoms with van der Waals surface area (Å²) in [7, 11) is 1.57. The van der Waals surface area contributed by atoms with E-state index in [0.29, 0.717) is 28.8 Å². The Morgan fingerprint density at radius 3 is 2.43 bits per heavy atom. The zero-order valence-corrected chi connectivity index (χ0v) is 16.7. The maximum atomic E-state index is 13.0. The number of benzene rings is 2. The molecule has 1 amide bonds. The van der Waals surface area contributed by atoms with Gasteiger partial charge in [-0.15, -0.1) is 0 Å². The monoisotopic (exact) mass is 429 g/mol. The predicted molar refractivity (Wildman–Crippen MR) is 112 cm³/mol. The smallest absolute Gasteiger partial charge is 0.387 e. The van der Waals surface area contributed by atoms with Crippen LogP contribution >= 0.6 is 11.8 Å². The molecule has 0 spiro atoms. The number of ether oxygens (including phenoxy) is 2. The molecule has 2 aromatic rings. The minimum absolute atomic E-state index is 0.00924. The van der Waals surface area contributed by atoms with Crippen molar-refractivity contribution < 1.29 is 23.0 Å². The van der Waals surface area contributed by atoms with Crippen molar-refractivity contribution in [1.29, 1.82) is 5.26 Å². The number of methoxy groups -OCH3 is 1. The van der Waals surface area contributed by atoms with E-state index in [1.54, 1.807) is 37.5 Å². The van der Waals surface area contributed by atoms with E-state index in [2.05, 4.69) is 15.8 Å². The molecule has 0 aliphatic carbocycles. The van der Waals surface area contributed by atoms with Crippen LogP contribution in [0.5, 0.6) is 11.5 Å². The van der Waals surface area contributed by atoms with Crippen LogP contribution in [0.3, 0.4) is 0 Å². The number of aliphatic imine (C=N–C) groups is 1. The van der Waals surface area contributed by atoms with Crippen LogP contribution in [0.4, 0.5) is 14.5 Å². The standard InChI is InChI=1S/C21H17F2N3O3S/c1-28-16-7-3-14(4-8-16)13-18-19(27)26(21(25-18)30-12-2-11-24)15-5-9-17(10-6-15)29-20(22)23/h3-10,13,20H,2,12H2,1H3/b18-13-. The van der Waals surface area contributed by atoms with Crippen molar-refractivity contribution in [1.82, 2.24) is 0 Å². The molecule has 0 N–H and O–H groups in total. The fourth-order valence-electron chi connectivity index (χ4n) is 2.64. The first-order valence-corrected chi connectivity index (χ1v) is 9.84. The molecule has 2 aromatic carbocycles. The number of halogens is 2. The van der Waals surface area contributed by atoms with E-state index >= 15 is 0 Å². The van der Waals surface area contributed by atoms with E-state index < -0.39 is 6.61 Å². The molecule has 0 fully saturated rings. The van der Waals surface area contributed by atoms with Gasteiger partial charge in [-0.05, 0) is 48.0 Å². The molecule has 0 radical (unpaired) electrons. The van der Waals surface area contributed by atoms with Gasteiger partial charge in [0.1, 0.15) is 17.2 Å². The van der Waals surface area contributed by atoms with E-state index in [9.17, 15) is 13.6 Å². The minimum atomic E-state index is -2.93. The van der Waals surface area contributed by atoms with Crippen molar-refractivity contribution in [3.8, 4) is 17.6 Å². The zero-order valence-electron chi connectivity index (χ0n) is 15.9.